The molecule has 0 unspecified atom stereocenters. The molecule has 23 heavy (non-hydrogen) atoms. The second-order valence-electron chi connectivity index (χ2n) is 6.40. The molecule has 6 nitrogen and oxygen atoms in total. The summed E-state index contributed by atoms with van der Waals surface area (Å²) in [5, 5.41) is 6.25. The molecule has 2 aromatic rings. The van der Waals surface area contributed by atoms with Crippen molar-refractivity contribution in [2.45, 2.75) is 38.8 Å². The van der Waals surface area contributed by atoms with Crippen LogP contribution in [0.3, 0.4) is 0 Å². The van der Waals surface area contributed by atoms with Crippen LogP contribution in [0, 0.1) is 0 Å². The lowest BCUT2D eigenvalue weighted by Crippen LogP contribution is -2.48. The third kappa shape index (κ3) is 4.74. The molecule has 0 radical (unpaired) electrons. The molecule has 0 saturated heterocycles. The van der Waals surface area contributed by atoms with Crippen molar-refractivity contribution in [1.29, 1.82) is 0 Å². The Balaban J connectivity index is 2.12. The number of carbonyl (C=O) groups excluding carboxylic acids is 2. The fraction of sp³-hybridized carbons (Fsp3) is 0.412. The van der Waals surface area contributed by atoms with Gasteiger partial charge in [-0.2, -0.15) is 0 Å². The Morgan fingerprint density at radius 1 is 1.26 bits per heavy atom. The molecule has 1 aromatic carbocycles. The number of likely N-dealkylation sites (N-methyl/N-ethyl adjacent to an activating group) is 1. The monoisotopic (exact) mass is 317 g/mol. The summed E-state index contributed by atoms with van der Waals surface area (Å²) in [5.41, 5.74) is 1.25. The Morgan fingerprint density at radius 2 is 1.96 bits per heavy atom. The van der Waals surface area contributed by atoms with Crippen LogP contribution >= 0.6 is 0 Å². The largest absolute Gasteiger partial charge is 0.444 e. The molecular weight excluding hydrogens is 294 g/mol. The van der Waals surface area contributed by atoms with Gasteiger partial charge in [0.25, 0.3) is 0 Å². The van der Waals surface area contributed by atoms with Gasteiger partial charge in [0.2, 0.25) is 5.91 Å². The zero-order valence-corrected chi connectivity index (χ0v) is 13.9. The minimum absolute atomic E-state index is 0.269. The summed E-state index contributed by atoms with van der Waals surface area (Å²) in [7, 11) is 1.54. The van der Waals surface area contributed by atoms with E-state index in [2.05, 4.69) is 15.6 Å². The van der Waals surface area contributed by atoms with Crippen molar-refractivity contribution in [2.75, 3.05) is 7.05 Å². The number of fused-ring (bicyclic) bond motifs is 1. The first-order valence-corrected chi connectivity index (χ1v) is 7.56. The molecule has 0 bridgehead atoms. The molecule has 1 heterocycles. The highest BCUT2D eigenvalue weighted by atomic mass is 16.6. The van der Waals surface area contributed by atoms with Crippen molar-refractivity contribution in [2.24, 2.45) is 0 Å². The van der Waals surface area contributed by atoms with Crippen LogP contribution in [0.2, 0.25) is 0 Å². The standard InChI is InChI=1S/C17H23N3O3/c1-17(2,3)23-16(22)20-14(15(21)18-4)10-12-9-11-7-5-6-8-13(11)19-12/h5-9,14,19H,10H2,1-4H3,(H,18,21)(H,20,22)/t14-/m1/s1. The van der Waals surface area contributed by atoms with E-state index in [0.717, 1.165) is 16.6 Å². The molecule has 0 fully saturated rings. The summed E-state index contributed by atoms with van der Waals surface area (Å²) < 4.78 is 5.22. The van der Waals surface area contributed by atoms with E-state index in [-0.39, 0.29) is 5.91 Å². The van der Waals surface area contributed by atoms with Crippen LogP contribution in [0.5, 0.6) is 0 Å². The number of benzene rings is 1. The van der Waals surface area contributed by atoms with Gasteiger partial charge in [-0.05, 0) is 38.3 Å². The maximum Gasteiger partial charge on any atom is 0.408 e. The number of aromatic amines is 1. The summed E-state index contributed by atoms with van der Waals surface area (Å²) in [6.07, 6.45) is -0.254. The molecule has 0 spiro atoms. The van der Waals surface area contributed by atoms with Crippen LogP contribution in [-0.2, 0) is 16.0 Å². The summed E-state index contributed by atoms with van der Waals surface area (Å²) in [6.45, 7) is 5.33. The maximum atomic E-state index is 12.0. The summed E-state index contributed by atoms with van der Waals surface area (Å²) >= 11 is 0. The molecule has 2 rings (SSSR count). The van der Waals surface area contributed by atoms with E-state index in [1.54, 1.807) is 20.8 Å². The predicted octanol–water partition coefficient (Wildman–Crippen LogP) is 2.35. The zero-order valence-electron chi connectivity index (χ0n) is 13.9. The van der Waals surface area contributed by atoms with E-state index in [0.29, 0.717) is 6.42 Å². The van der Waals surface area contributed by atoms with Crippen molar-refractivity contribution < 1.29 is 14.3 Å². The van der Waals surface area contributed by atoms with Crippen LogP contribution in [0.25, 0.3) is 10.9 Å². The van der Waals surface area contributed by atoms with Gasteiger partial charge in [-0.25, -0.2) is 4.79 Å². The SMILES string of the molecule is CNC(=O)[C@@H](Cc1cc2ccccc2[nH]1)NC(=O)OC(C)(C)C. The molecule has 0 aliphatic carbocycles. The van der Waals surface area contributed by atoms with Gasteiger partial charge in [-0.1, -0.05) is 18.2 Å². The summed E-state index contributed by atoms with van der Waals surface area (Å²) in [4.78, 5) is 27.2. The Bertz CT molecular complexity index is 667. The molecule has 0 aliphatic heterocycles. The lowest BCUT2D eigenvalue weighted by molar-refractivity contribution is -0.122. The molecule has 1 aromatic heterocycles. The number of carbonyl (C=O) groups is 2. The number of aromatic nitrogens is 1. The first-order chi connectivity index (χ1) is 10.8. The third-order valence-corrected chi connectivity index (χ3v) is 3.26. The van der Waals surface area contributed by atoms with Crippen LogP contribution < -0.4 is 10.6 Å². The molecule has 0 aliphatic rings. The van der Waals surface area contributed by atoms with Gasteiger partial charge in [-0.15, -0.1) is 0 Å². The summed E-state index contributed by atoms with van der Waals surface area (Å²) in [5.74, 6) is -0.269. The van der Waals surface area contributed by atoms with E-state index in [4.69, 9.17) is 4.74 Å². The Morgan fingerprint density at radius 3 is 2.57 bits per heavy atom. The minimum Gasteiger partial charge on any atom is -0.444 e. The number of ether oxygens (including phenoxy) is 1. The van der Waals surface area contributed by atoms with Gasteiger partial charge >= 0.3 is 6.09 Å². The van der Waals surface area contributed by atoms with Gasteiger partial charge in [0.1, 0.15) is 11.6 Å². The number of hydrogen-bond acceptors (Lipinski definition) is 3. The fourth-order valence-corrected chi connectivity index (χ4v) is 2.30. The maximum absolute atomic E-state index is 12.0. The smallest absolute Gasteiger partial charge is 0.408 e. The molecule has 1 atom stereocenters. The van der Waals surface area contributed by atoms with Crippen molar-refractivity contribution in [3.8, 4) is 0 Å². The fourth-order valence-electron chi connectivity index (χ4n) is 2.30. The zero-order chi connectivity index (χ0) is 17.0. The highest BCUT2D eigenvalue weighted by Crippen LogP contribution is 2.16. The lowest BCUT2D eigenvalue weighted by atomic mass is 10.1. The Labute approximate surface area is 135 Å². The van der Waals surface area contributed by atoms with E-state index in [1.165, 1.54) is 7.05 Å². The topological polar surface area (TPSA) is 83.2 Å². The van der Waals surface area contributed by atoms with Gasteiger partial charge in [0, 0.05) is 24.7 Å². The van der Waals surface area contributed by atoms with E-state index < -0.39 is 17.7 Å². The average Bonchev–Trinajstić information content (AvgIpc) is 2.86. The second-order valence-corrected chi connectivity index (χ2v) is 6.40. The van der Waals surface area contributed by atoms with Crippen molar-refractivity contribution >= 4 is 22.9 Å². The first kappa shape index (κ1) is 16.9. The molecule has 124 valence electrons. The number of rotatable bonds is 4. The van der Waals surface area contributed by atoms with Gasteiger partial charge in [0.15, 0.2) is 0 Å². The number of H-pyrrole nitrogens is 1. The van der Waals surface area contributed by atoms with Crippen LogP contribution in [-0.4, -0.2) is 35.7 Å². The van der Waals surface area contributed by atoms with Crippen LogP contribution in [0.4, 0.5) is 4.79 Å². The van der Waals surface area contributed by atoms with Crippen molar-refractivity contribution in [3.05, 3.63) is 36.0 Å². The predicted molar refractivity (Wildman–Crippen MR) is 89.2 cm³/mol. The van der Waals surface area contributed by atoms with Crippen LogP contribution in [0.15, 0.2) is 30.3 Å². The molecule has 2 amide bonds. The second kappa shape index (κ2) is 6.73. The first-order valence-electron chi connectivity index (χ1n) is 7.56. The highest BCUT2D eigenvalue weighted by molar-refractivity contribution is 5.86. The minimum atomic E-state index is -0.706. The van der Waals surface area contributed by atoms with Crippen molar-refractivity contribution in [1.82, 2.24) is 15.6 Å². The average molecular weight is 317 g/mol. The van der Waals surface area contributed by atoms with Gasteiger partial charge < -0.3 is 20.4 Å². The number of para-hydroxylation sites is 1. The van der Waals surface area contributed by atoms with E-state index in [9.17, 15) is 9.59 Å². The molecule has 0 saturated carbocycles. The Hall–Kier alpha value is -2.50. The molecule has 6 heteroatoms. The number of amides is 2. The third-order valence-electron chi connectivity index (χ3n) is 3.26. The Kier molecular flexibility index (Phi) is 4.93. The molecule has 3 N–H and O–H groups in total. The van der Waals surface area contributed by atoms with E-state index >= 15 is 0 Å². The normalized spacial score (nSPS) is 12.7. The quantitative estimate of drug-likeness (QED) is 0.809. The van der Waals surface area contributed by atoms with Gasteiger partial charge in [-0.3, -0.25) is 4.79 Å². The molecular formula is C17H23N3O3. The van der Waals surface area contributed by atoms with Crippen LogP contribution in [0.1, 0.15) is 26.5 Å². The number of alkyl carbamates (subject to hydrolysis) is 1. The summed E-state index contributed by atoms with van der Waals surface area (Å²) in [6, 6.07) is 9.12. The van der Waals surface area contributed by atoms with Crippen molar-refractivity contribution in [3.63, 3.8) is 0 Å². The van der Waals surface area contributed by atoms with Gasteiger partial charge in [0.05, 0.1) is 0 Å². The van der Waals surface area contributed by atoms with E-state index in [1.807, 2.05) is 30.3 Å². The highest BCUT2D eigenvalue weighted by Gasteiger charge is 2.24. The number of nitrogens with one attached hydrogen (secondary N) is 3. The number of hydrogen-bond donors (Lipinski definition) is 3. The lowest BCUT2D eigenvalue weighted by Gasteiger charge is -2.22.